The SMILES string of the molecule is CCCN(CC(=O)Nc1ccc(Cl)cc1Cl)C(=O)c1ccc(N(C)C)nn1. The molecule has 144 valence electrons. The molecule has 9 heteroatoms. The van der Waals surface area contributed by atoms with Crippen LogP contribution in [0.15, 0.2) is 30.3 Å². The number of hydrogen-bond donors (Lipinski definition) is 1. The van der Waals surface area contributed by atoms with E-state index in [1.807, 2.05) is 21.0 Å². The van der Waals surface area contributed by atoms with Gasteiger partial charge in [-0.05, 0) is 36.8 Å². The number of carbonyl (C=O) groups is 2. The Kier molecular flexibility index (Phi) is 7.38. The predicted octanol–water partition coefficient (Wildman–Crippen LogP) is 3.34. The molecule has 27 heavy (non-hydrogen) atoms. The number of carbonyl (C=O) groups excluding carboxylic acids is 2. The molecule has 0 aliphatic heterocycles. The highest BCUT2D eigenvalue weighted by atomic mass is 35.5. The molecular weight excluding hydrogens is 389 g/mol. The van der Waals surface area contributed by atoms with Crippen molar-refractivity contribution >= 4 is 46.5 Å². The maximum Gasteiger partial charge on any atom is 0.274 e. The Balaban J connectivity index is 2.09. The van der Waals surface area contributed by atoms with Gasteiger partial charge in [0.1, 0.15) is 6.54 Å². The van der Waals surface area contributed by atoms with Crippen molar-refractivity contribution in [1.82, 2.24) is 15.1 Å². The van der Waals surface area contributed by atoms with E-state index in [0.29, 0.717) is 34.5 Å². The number of amides is 2. The average molecular weight is 410 g/mol. The first-order valence-corrected chi connectivity index (χ1v) is 9.12. The van der Waals surface area contributed by atoms with Crippen molar-refractivity contribution in [3.63, 3.8) is 0 Å². The number of halogens is 2. The molecule has 1 aromatic heterocycles. The summed E-state index contributed by atoms with van der Waals surface area (Å²) in [5.41, 5.74) is 0.622. The van der Waals surface area contributed by atoms with Gasteiger partial charge in [0, 0.05) is 25.7 Å². The first kappa shape index (κ1) is 20.9. The van der Waals surface area contributed by atoms with Crippen LogP contribution in [0.5, 0.6) is 0 Å². The van der Waals surface area contributed by atoms with Gasteiger partial charge < -0.3 is 15.1 Å². The lowest BCUT2D eigenvalue weighted by atomic mass is 10.3. The molecule has 0 aliphatic carbocycles. The van der Waals surface area contributed by atoms with Crippen LogP contribution in [0, 0.1) is 0 Å². The molecule has 0 radical (unpaired) electrons. The van der Waals surface area contributed by atoms with Crippen LogP contribution in [0.25, 0.3) is 0 Å². The second-order valence-corrected chi connectivity index (χ2v) is 6.91. The molecule has 0 bridgehead atoms. The summed E-state index contributed by atoms with van der Waals surface area (Å²) in [5.74, 6) is -0.0744. The van der Waals surface area contributed by atoms with E-state index >= 15 is 0 Å². The Labute approximate surface area is 168 Å². The van der Waals surface area contributed by atoms with Gasteiger partial charge >= 0.3 is 0 Å². The number of aromatic nitrogens is 2. The molecule has 1 N–H and O–H groups in total. The van der Waals surface area contributed by atoms with Crippen molar-refractivity contribution in [3.8, 4) is 0 Å². The van der Waals surface area contributed by atoms with E-state index in [-0.39, 0.29) is 24.1 Å². The third-order valence-corrected chi connectivity index (χ3v) is 4.20. The molecule has 0 aliphatic rings. The second kappa shape index (κ2) is 9.53. The van der Waals surface area contributed by atoms with Gasteiger partial charge in [-0.25, -0.2) is 0 Å². The number of hydrogen-bond acceptors (Lipinski definition) is 5. The van der Waals surface area contributed by atoms with Crippen molar-refractivity contribution < 1.29 is 9.59 Å². The molecule has 2 aromatic rings. The van der Waals surface area contributed by atoms with Crippen LogP contribution in [0.1, 0.15) is 23.8 Å². The van der Waals surface area contributed by atoms with E-state index in [4.69, 9.17) is 23.2 Å². The van der Waals surface area contributed by atoms with Crippen molar-refractivity contribution in [2.45, 2.75) is 13.3 Å². The summed E-state index contributed by atoms with van der Waals surface area (Å²) >= 11 is 11.9. The van der Waals surface area contributed by atoms with Crippen molar-refractivity contribution in [1.29, 1.82) is 0 Å². The van der Waals surface area contributed by atoms with E-state index in [2.05, 4.69) is 15.5 Å². The Bertz CT molecular complexity index is 812. The van der Waals surface area contributed by atoms with E-state index in [9.17, 15) is 9.59 Å². The topological polar surface area (TPSA) is 78.4 Å². The summed E-state index contributed by atoms with van der Waals surface area (Å²) in [6.07, 6.45) is 0.698. The fraction of sp³-hybridized carbons (Fsp3) is 0.333. The van der Waals surface area contributed by atoms with E-state index in [0.717, 1.165) is 0 Å². The minimum atomic E-state index is -0.362. The summed E-state index contributed by atoms with van der Waals surface area (Å²) < 4.78 is 0. The quantitative estimate of drug-likeness (QED) is 0.758. The zero-order valence-electron chi connectivity index (χ0n) is 15.4. The minimum Gasteiger partial charge on any atom is -0.361 e. The van der Waals surface area contributed by atoms with Gasteiger partial charge in [0.25, 0.3) is 5.91 Å². The first-order chi connectivity index (χ1) is 12.8. The van der Waals surface area contributed by atoms with E-state index in [1.54, 1.807) is 29.2 Å². The predicted molar refractivity (Wildman–Crippen MR) is 108 cm³/mol. The largest absolute Gasteiger partial charge is 0.361 e. The first-order valence-electron chi connectivity index (χ1n) is 8.37. The molecular formula is C18H21Cl2N5O2. The smallest absolute Gasteiger partial charge is 0.274 e. The molecule has 0 spiro atoms. The van der Waals surface area contributed by atoms with Crippen LogP contribution in [-0.4, -0.2) is 54.1 Å². The number of nitrogens with zero attached hydrogens (tertiary/aromatic N) is 4. The normalized spacial score (nSPS) is 10.4. The third kappa shape index (κ3) is 5.80. The van der Waals surface area contributed by atoms with Gasteiger partial charge in [0.05, 0.1) is 10.7 Å². The maximum atomic E-state index is 12.7. The summed E-state index contributed by atoms with van der Waals surface area (Å²) in [4.78, 5) is 28.3. The zero-order chi connectivity index (χ0) is 20.0. The molecule has 0 fully saturated rings. The van der Waals surface area contributed by atoms with Gasteiger partial charge in [-0.2, -0.15) is 0 Å². The Morgan fingerprint density at radius 1 is 1.11 bits per heavy atom. The molecule has 2 rings (SSSR count). The third-order valence-electron chi connectivity index (χ3n) is 3.65. The number of benzene rings is 1. The Hall–Kier alpha value is -2.38. The maximum absolute atomic E-state index is 12.7. The highest BCUT2D eigenvalue weighted by Crippen LogP contribution is 2.25. The number of rotatable bonds is 7. The molecule has 2 amide bonds. The van der Waals surface area contributed by atoms with E-state index in [1.165, 1.54) is 11.0 Å². The molecule has 0 unspecified atom stereocenters. The van der Waals surface area contributed by atoms with Crippen molar-refractivity contribution in [3.05, 3.63) is 46.1 Å². The molecule has 0 saturated carbocycles. The molecule has 1 heterocycles. The second-order valence-electron chi connectivity index (χ2n) is 6.07. The minimum absolute atomic E-state index is 0.122. The van der Waals surface area contributed by atoms with Gasteiger partial charge in [-0.15, -0.1) is 10.2 Å². The van der Waals surface area contributed by atoms with Gasteiger partial charge in [0.2, 0.25) is 5.91 Å². The standard InChI is InChI=1S/C18H21Cl2N5O2/c1-4-9-25(18(27)15-7-8-16(23-22-15)24(2)3)11-17(26)21-14-6-5-12(19)10-13(14)20/h5-8,10H,4,9,11H2,1-3H3,(H,21,26). The number of anilines is 2. The van der Waals surface area contributed by atoms with Gasteiger partial charge in [-0.1, -0.05) is 30.1 Å². The average Bonchev–Trinajstić information content (AvgIpc) is 2.63. The lowest BCUT2D eigenvalue weighted by molar-refractivity contribution is -0.116. The fourth-order valence-electron chi connectivity index (χ4n) is 2.32. The van der Waals surface area contributed by atoms with Crippen LogP contribution in [0.2, 0.25) is 10.0 Å². The Morgan fingerprint density at radius 3 is 2.41 bits per heavy atom. The van der Waals surface area contributed by atoms with Crippen LogP contribution >= 0.6 is 23.2 Å². The zero-order valence-corrected chi connectivity index (χ0v) is 16.9. The summed E-state index contributed by atoms with van der Waals surface area (Å²) in [5, 5.41) is 11.5. The van der Waals surface area contributed by atoms with Crippen molar-refractivity contribution in [2.24, 2.45) is 0 Å². The van der Waals surface area contributed by atoms with Crippen LogP contribution in [0.4, 0.5) is 11.5 Å². The molecule has 7 nitrogen and oxygen atoms in total. The van der Waals surface area contributed by atoms with Gasteiger partial charge in [0.15, 0.2) is 11.5 Å². The summed E-state index contributed by atoms with van der Waals surface area (Å²) in [6.45, 7) is 2.22. The van der Waals surface area contributed by atoms with Crippen LogP contribution in [-0.2, 0) is 4.79 Å². The lowest BCUT2D eigenvalue weighted by Crippen LogP contribution is -2.39. The summed E-state index contributed by atoms with van der Waals surface area (Å²) in [7, 11) is 3.67. The molecule has 1 aromatic carbocycles. The highest BCUT2D eigenvalue weighted by Gasteiger charge is 2.20. The molecule has 0 saturated heterocycles. The van der Waals surface area contributed by atoms with Crippen LogP contribution < -0.4 is 10.2 Å². The van der Waals surface area contributed by atoms with Gasteiger partial charge in [-0.3, -0.25) is 9.59 Å². The summed E-state index contributed by atoms with van der Waals surface area (Å²) in [6, 6.07) is 8.08. The number of nitrogens with one attached hydrogen (secondary N) is 1. The fourth-order valence-corrected chi connectivity index (χ4v) is 2.77. The lowest BCUT2D eigenvalue weighted by Gasteiger charge is -2.21. The monoisotopic (exact) mass is 409 g/mol. The Morgan fingerprint density at radius 2 is 1.85 bits per heavy atom. The van der Waals surface area contributed by atoms with E-state index < -0.39 is 0 Å². The van der Waals surface area contributed by atoms with Crippen LogP contribution in [0.3, 0.4) is 0 Å². The highest BCUT2D eigenvalue weighted by molar-refractivity contribution is 6.36. The van der Waals surface area contributed by atoms with Crippen molar-refractivity contribution in [2.75, 3.05) is 37.4 Å². The molecule has 0 atom stereocenters.